The maximum Gasteiger partial charge on any atom is 0.481 e. The highest BCUT2D eigenvalue weighted by atomic mass is 35.5. The monoisotopic (exact) mass is 393 g/mol. The minimum absolute atomic E-state index is 0.288. The standard InChI is InChI=1S/C16H19BClN4OS2/c17-22-5-3-10(4-6-22)16(23,9-22)8-19-14(24)21-15-20-12-2-1-11(18)7-13(12)25-15/h1-2,7,10,23H,3-6,8-9H2,(H2,19,20,21,24)/q+1. The van der Waals surface area contributed by atoms with Crippen LogP contribution in [0.4, 0.5) is 5.13 Å². The molecule has 1 aromatic heterocycles. The molecular formula is C16H19BClN4OS2+. The van der Waals surface area contributed by atoms with E-state index in [9.17, 15) is 5.11 Å². The lowest BCUT2D eigenvalue weighted by molar-refractivity contribution is -0.846. The number of thiocarbonyl (C=S) groups is 1. The third-order valence-electron chi connectivity index (χ3n) is 5.32. The third-order valence-corrected chi connectivity index (χ3v) is 6.74. The van der Waals surface area contributed by atoms with Crippen molar-refractivity contribution in [3.8, 4) is 0 Å². The fourth-order valence-corrected chi connectivity index (χ4v) is 5.36. The normalized spacial score (nSPS) is 31.2. The Morgan fingerprint density at radius 1 is 1.48 bits per heavy atom. The fourth-order valence-electron chi connectivity index (χ4n) is 3.98. The molecule has 0 spiro atoms. The molecule has 0 aliphatic carbocycles. The van der Waals surface area contributed by atoms with Crippen molar-refractivity contribution in [1.29, 1.82) is 0 Å². The summed E-state index contributed by atoms with van der Waals surface area (Å²) in [5.41, 5.74) is 0.0725. The molecule has 3 aliphatic heterocycles. The average molecular weight is 394 g/mol. The van der Waals surface area contributed by atoms with Gasteiger partial charge in [0.15, 0.2) is 10.2 Å². The number of aliphatic hydroxyl groups is 1. The zero-order chi connectivity index (χ0) is 17.7. The van der Waals surface area contributed by atoms with Crippen LogP contribution in [0.3, 0.4) is 0 Å². The number of fused-ring (bicyclic) bond motifs is 4. The molecule has 130 valence electrons. The zero-order valence-electron chi connectivity index (χ0n) is 13.7. The minimum atomic E-state index is -0.807. The molecule has 3 aliphatic rings. The first kappa shape index (κ1) is 17.5. The molecule has 4 heterocycles. The van der Waals surface area contributed by atoms with E-state index in [1.165, 1.54) is 11.3 Å². The van der Waals surface area contributed by atoms with Gasteiger partial charge >= 0.3 is 7.98 Å². The molecule has 5 nitrogen and oxygen atoms in total. The Morgan fingerprint density at radius 3 is 2.96 bits per heavy atom. The van der Waals surface area contributed by atoms with Crippen molar-refractivity contribution in [3.05, 3.63) is 23.2 Å². The van der Waals surface area contributed by atoms with Crippen molar-refractivity contribution in [3.63, 3.8) is 0 Å². The van der Waals surface area contributed by atoms with Crippen LogP contribution >= 0.6 is 35.2 Å². The Kier molecular flexibility index (Phi) is 4.44. The molecule has 2 aromatic rings. The van der Waals surface area contributed by atoms with Crippen LogP contribution in [-0.4, -0.2) is 59.4 Å². The summed E-state index contributed by atoms with van der Waals surface area (Å²) in [5, 5.41) is 19.1. The second-order valence-electron chi connectivity index (χ2n) is 7.14. The minimum Gasteiger partial charge on any atom is -0.394 e. The number of halogens is 1. The van der Waals surface area contributed by atoms with E-state index in [4.69, 9.17) is 31.8 Å². The number of benzene rings is 1. The van der Waals surface area contributed by atoms with Crippen LogP contribution in [0.1, 0.15) is 12.8 Å². The van der Waals surface area contributed by atoms with Gasteiger partial charge in [0.25, 0.3) is 0 Å². The quantitative estimate of drug-likeness (QED) is 0.552. The largest absolute Gasteiger partial charge is 0.481 e. The molecule has 3 N–H and O–H groups in total. The van der Waals surface area contributed by atoms with Gasteiger partial charge in [-0.2, -0.15) is 0 Å². The molecule has 25 heavy (non-hydrogen) atoms. The van der Waals surface area contributed by atoms with E-state index < -0.39 is 5.60 Å². The van der Waals surface area contributed by atoms with Crippen LogP contribution in [0.25, 0.3) is 10.2 Å². The number of aromatic nitrogens is 1. The van der Waals surface area contributed by atoms with Gasteiger partial charge in [-0.1, -0.05) is 22.9 Å². The van der Waals surface area contributed by atoms with Crippen LogP contribution in [0, 0.1) is 5.92 Å². The highest BCUT2D eigenvalue weighted by Gasteiger charge is 2.52. The lowest BCUT2D eigenvalue weighted by atomic mass is 9.72. The molecule has 9 heteroatoms. The Hall–Kier alpha value is -0.925. The summed E-state index contributed by atoms with van der Waals surface area (Å²) < 4.78 is 1.47. The number of rotatable bonds is 3. The summed E-state index contributed by atoms with van der Waals surface area (Å²) in [5.74, 6) is 0.288. The van der Waals surface area contributed by atoms with Gasteiger partial charge in [0, 0.05) is 23.8 Å². The first-order chi connectivity index (χ1) is 11.9. The van der Waals surface area contributed by atoms with Crippen molar-refractivity contribution < 1.29 is 9.50 Å². The van der Waals surface area contributed by atoms with Gasteiger partial charge < -0.3 is 20.1 Å². The number of thiazole rings is 1. The SMILES string of the molecule is [B][N+]12CCC(CC1)C(O)(CNC(=S)Nc1nc3ccc(Cl)cc3s1)C2. The van der Waals surface area contributed by atoms with Crippen molar-refractivity contribution >= 4 is 63.6 Å². The first-order valence-corrected chi connectivity index (χ1v) is 9.94. The van der Waals surface area contributed by atoms with Gasteiger partial charge in [-0.25, -0.2) is 4.98 Å². The Labute approximate surface area is 162 Å². The topological polar surface area (TPSA) is 57.2 Å². The van der Waals surface area contributed by atoms with Crippen LogP contribution in [0.2, 0.25) is 5.02 Å². The lowest BCUT2D eigenvalue weighted by Crippen LogP contribution is -2.70. The summed E-state index contributed by atoms with van der Waals surface area (Å²) in [4.78, 5) is 4.49. The summed E-state index contributed by atoms with van der Waals surface area (Å²) in [6.07, 6.45) is 1.93. The highest BCUT2D eigenvalue weighted by molar-refractivity contribution is 7.80. The molecule has 1 aromatic carbocycles. The van der Waals surface area contributed by atoms with Crippen LogP contribution in [0.15, 0.2) is 18.2 Å². The number of hydrogen-bond acceptors (Lipinski definition) is 4. The number of hydrogen-bond donors (Lipinski definition) is 3. The first-order valence-electron chi connectivity index (χ1n) is 8.33. The molecule has 1 unspecified atom stereocenters. The van der Waals surface area contributed by atoms with Crippen molar-refractivity contribution in [2.45, 2.75) is 18.4 Å². The summed E-state index contributed by atoms with van der Waals surface area (Å²) in [6, 6.07) is 5.59. The molecule has 1 atom stereocenters. The van der Waals surface area contributed by atoms with Gasteiger partial charge in [0.2, 0.25) is 0 Å². The van der Waals surface area contributed by atoms with Crippen molar-refractivity contribution in [2.24, 2.45) is 5.92 Å². The molecule has 2 bridgehead atoms. The van der Waals surface area contributed by atoms with Gasteiger partial charge in [-0.3, -0.25) is 0 Å². The number of nitrogens with one attached hydrogen (secondary N) is 2. The molecule has 2 radical (unpaired) electrons. The van der Waals surface area contributed by atoms with Crippen LogP contribution in [-0.2, 0) is 0 Å². The van der Waals surface area contributed by atoms with Crippen LogP contribution in [0.5, 0.6) is 0 Å². The Morgan fingerprint density at radius 2 is 2.24 bits per heavy atom. The van der Waals surface area contributed by atoms with Crippen LogP contribution < -0.4 is 10.6 Å². The lowest BCUT2D eigenvalue weighted by Gasteiger charge is -2.55. The molecular weight excluding hydrogens is 375 g/mol. The molecule has 5 rings (SSSR count). The molecule has 0 saturated carbocycles. The van der Waals surface area contributed by atoms with Crippen molar-refractivity contribution in [2.75, 3.05) is 31.5 Å². The van der Waals surface area contributed by atoms with E-state index in [0.29, 0.717) is 32.8 Å². The average Bonchev–Trinajstić information content (AvgIpc) is 2.94. The van der Waals surface area contributed by atoms with E-state index in [2.05, 4.69) is 15.6 Å². The fraction of sp³-hybridized carbons (Fsp3) is 0.500. The van der Waals surface area contributed by atoms with E-state index >= 15 is 0 Å². The number of nitrogens with zero attached hydrogens (tertiary/aromatic N) is 2. The zero-order valence-corrected chi connectivity index (χ0v) is 16.1. The second kappa shape index (κ2) is 6.35. The number of anilines is 1. The highest BCUT2D eigenvalue weighted by Crippen LogP contribution is 2.38. The predicted octanol–water partition coefficient (Wildman–Crippen LogP) is 2.29. The Balaban J connectivity index is 1.39. The molecule has 0 amide bonds. The Bertz CT molecular complexity index is 824. The van der Waals surface area contributed by atoms with Gasteiger partial charge in [0.1, 0.15) is 5.60 Å². The van der Waals surface area contributed by atoms with E-state index in [-0.39, 0.29) is 5.92 Å². The smallest absolute Gasteiger partial charge is 0.394 e. The van der Waals surface area contributed by atoms with E-state index in [0.717, 1.165) is 36.1 Å². The van der Waals surface area contributed by atoms with E-state index in [1.54, 1.807) is 0 Å². The number of piperidine rings is 3. The van der Waals surface area contributed by atoms with Crippen molar-refractivity contribution in [1.82, 2.24) is 10.3 Å². The predicted molar refractivity (Wildman–Crippen MR) is 107 cm³/mol. The summed E-state index contributed by atoms with van der Waals surface area (Å²) in [6.45, 7) is 2.87. The second-order valence-corrected chi connectivity index (χ2v) is 9.02. The van der Waals surface area contributed by atoms with Gasteiger partial charge in [0.05, 0.1) is 36.4 Å². The summed E-state index contributed by atoms with van der Waals surface area (Å²) >= 11 is 12.9. The molecule has 3 fully saturated rings. The third kappa shape index (κ3) is 3.50. The summed E-state index contributed by atoms with van der Waals surface area (Å²) in [7, 11) is 6.34. The van der Waals surface area contributed by atoms with Gasteiger partial charge in [-0.15, -0.1) is 0 Å². The molecule has 3 saturated heterocycles. The van der Waals surface area contributed by atoms with Gasteiger partial charge in [-0.05, 0) is 30.4 Å². The maximum atomic E-state index is 11.0. The number of quaternary nitrogens is 1. The van der Waals surface area contributed by atoms with E-state index in [1.807, 2.05) is 18.2 Å². The maximum absolute atomic E-state index is 11.0.